The summed E-state index contributed by atoms with van der Waals surface area (Å²) in [6, 6.07) is 16.6. The van der Waals surface area contributed by atoms with Crippen LogP contribution in [-0.2, 0) is 6.67 Å². The number of ether oxygens (including phenoxy) is 1. The molecule has 0 radical (unpaired) electrons. The zero-order valence-corrected chi connectivity index (χ0v) is 15.4. The molecule has 3 rings (SSSR count). The number of amides is 1. The van der Waals surface area contributed by atoms with E-state index < -0.39 is 0 Å². The van der Waals surface area contributed by atoms with Crippen molar-refractivity contribution in [3.63, 3.8) is 0 Å². The highest BCUT2D eigenvalue weighted by molar-refractivity contribution is 6.04. The summed E-state index contributed by atoms with van der Waals surface area (Å²) in [5.41, 5.74) is 0.00992. The lowest BCUT2D eigenvalue weighted by Gasteiger charge is -2.18. The maximum Gasteiger partial charge on any atom is 0.275 e. The van der Waals surface area contributed by atoms with Crippen molar-refractivity contribution in [2.24, 2.45) is 0 Å². The van der Waals surface area contributed by atoms with Gasteiger partial charge < -0.3 is 10.1 Å². The van der Waals surface area contributed by atoms with Gasteiger partial charge in [-0.25, -0.2) is 4.68 Å². The Kier molecular flexibility index (Phi) is 5.83. The molecule has 0 aliphatic rings. The summed E-state index contributed by atoms with van der Waals surface area (Å²) in [5, 5.41) is 7.88. The van der Waals surface area contributed by atoms with E-state index in [-0.39, 0.29) is 23.8 Å². The minimum Gasteiger partial charge on any atom is -0.492 e. The molecule has 0 fully saturated rings. The van der Waals surface area contributed by atoms with Crippen LogP contribution in [0.3, 0.4) is 0 Å². The number of nitrogens with zero attached hydrogens (tertiary/aromatic N) is 3. The van der Waals surface area contributed by atoms with Crippen molar-refractivity contribution >= 4 is 16.7 Å². The van der Waals surface area contributed by atoms with Crippen LogP contribution in [0.1, 0.15) is 10.5 Å². The zero-order valence-electron chi connectivity index (χ0n) is 15.4. The summed E-state index contributed by atoms with van der Waals surface area (Å²) in [4.78, 5) is 26.8. The maximum atomic E-state index is 12.7. The quantitative estimate of drug-likeness (QED) is 0.689. The van der Waals surface area contributed by atoms with Gasteiger partial charge in [-0.3, -0.25) is 14.5 Å². The highest BCUT2D eigenvalue weighted by Crippen LogP contribution is 2.13. The molecular formula is C20H22N4O3. The van der Waals surface area contributed by atoms with Gasteiger partial charge in [0, 0.05) is 19.0 Å². The lowest BCUT2D eigenvalue weighted by Crippen LogP contribution is -2.35. The van der Waals surface area contributed by atoms with Crippen molar-refractivity contribution in [2.75, 3.05) is 27.2 Å². The van der Waals surface area contributed by atoms with Gasteiger partial charge in [0.25, 0.3) is 11.5 Å². The van der Waals surface area contributed by atoms with E-state index >= 15 is 0 Å². The summed E-state index contributed by atoms with van der Waals surface area (Å²) in [6.07, 6.45) is 0. The first kappa shape index (κ1) is 18.6. The van der Waals surface area contributed by atoms with Crippen LogP contribution in [0, 0.1) is 0 Å². The van der Waals surface area contributed by atoms with E-state index in [1.165, 1.54) is 4.68 Å². The molecule has 1 aromatic heterocycles. The average Bonchev–Trinajstić information content (AvgIpc) is 2.70. The maximum absolute atomic E-state index is 12.7. The second-order valence-electron chi connectivity index (χ2n) is 6.16. The monoisotopic (exact) mass is 366 g/mol. The van der Waals surface area contributed by atoms with E-state index in [1.54, 1.807) is 31.3 Å². The molecule has 0 saturated heterocycles. The molecule has 7 nitrogen and oxygen atoms in total. The molecule has 0 saturated carbocycles. The number of fused-ring (bicyclic) bond motifs is 1. The second kappa shape index (κ2) is 8.46. The minimum absolute atomic E-state index is 0.228. The first-order chi connectivity index (χ1) is 13.1. The van der Waals surface area contributed by atoms with Crippen LogP contribution >= 0.6 is 0 Å². The Bertz CT molecular complexity index is 985. The van der Waals surface area contributed by atoms with Gasteiger partial charge in [0.2, 0.25) is 0 Å². The van der Waals surface area contributed by atoms with Gasteiger partial charge >= 0.3 is 0 Å². The van der Waals surface area contributed by atoms with Gasteiger partial charge in [-0.1, -0.05) is 36.4 Å². The van der Waals surface area contributed by atoms with E-state index in [1.807, 2.05) is 42.3 Å². The number of carbonyl (C=O) groups excluding carboxylic acids is 1. The van der Waals surface area contributed by atoms with Crippen LogP contribution < -0.4 is 15.6 Å². The highest BCUT2D eigenvalue weighted by atomic mass is 16.5. The molecule has 3 aromatic rings. The van der Waals surface area contributed by atoms with E-state index in [9.17, 15) is 9.59 Å². The van der Waals surface area contributed by atoms with Crippen molar-refractivity contribution in [2.45, 2.75) is 6.67 Å². The Morgan fingerprint density at radius 1 is 1.11 bits per heavy atom. The predicted octanol–water partition coefficient (Wildman–Crippen LogP) is 1.72. The van der Waals surface area contributed by atoms with Crippen molar-refractivity contribution in [1.29, 1.82) is 0 Å². The highest BCUT2D eigenvalue weighted by Gasteiger charge is 2.16. The molecule has 0 aliphatic carbocycles. The molecule has 0 unspecified atom stereocenters. The molecule has 0 atom stereocenters. The normalized spacial score (nSPS) is 10.9. The molecule has 2 aromatic carbocycles. The standard InChI is InChI=1S/C20H22N4O3/c1-21-19(25)18-16-10-6-7-11-17(16)20(26)24(22-18)14-23(2)12-13-27-15-8-4-3-5-9-15/h3-11H,12-14H2,1-2H3,(H,21,25). The fourth-order valence-corrected chi connectivity index (χ4v) is 2.75. The third kappa shape index (κ3) is 4.32. The molecule has 1 amide bonds. The number of carbonyl (C=O) groups is 1. The van der Waals surface area contributed by atoms with E-state index in [0.717, 1.165) is 5.75 Å². The van der Waals surface area contributed by atoms with Gasteiger partial charge in [-0.15, -0.1) is 0 Å². The van der Waals surface area contributed by atoms with E-state index in [2.05, 4.69) is 10.4 Å². The van der Waals surface area contributed by atoms with Gasteiger partial charge in [0.1, 0.15) is 12.4 Å². The first-order valence-electron chi connectivity index (χ1n) is 8.68. The zero-order chi connectivity index (χ0) is 19.2. The number of rotatable bonds is 7. The van der Waals surface area contributed by atoms with Crippen LogP contribution in [-0.4, -0.2) is 47.8 Å². The van der Waals surface area contributed by atoms with Crippen molar-refractivity contribution < 1.29 is 9.53 Å². The Morgan fingerprint density at radius 3 is 2.48 bits per heavy atom. The lowest BCUT2D eigenvalue weighted by atomic mass is 10.1. The first-order valence-corrected chi connectivity index (χ1v) is 8.68. The molecule has 1 heterocycles. The number of benzene rings is 2. The lowest BCUT2D eigenvalue weighted by molar-refractivity contribution is 0.0955. The van der Waals surface area contributed by atoms with Gasteiger partial charge in [-0.05, 0) is 25.2 Å². The smallest absolute Gasteiger partial charge is 0.275 e. The molecule has 7 heteroatoms. The Labute approximate surface area is 157 Å². The summed E-state index contributed by atoms with van der Waals surface area (Å²) in [6.45, 7) is 1.34. The fraction of sp³-hybridized carbons (Fsp3) is 0.250. The number of nitrogens with one attached hydrogen (secondary N) is 1. The number of aromatic nitrogens is 2. The largest absolute Gasteiger partial charge is 0.492 e. The average molecular weight is 366 g/mol. The third-order valence-corrected chi connectivity index (χ3v) is 4.17. The molecule has 1 N–H and O–H groups in total. The molecule has 140 valence electrons. The number of likely N-dealkylation sites (N-methyl/N-ethyl adjacent to an activating group) is 1. The van der Waals surface area contributed by atoms with E-state index in [0.29, 0.717) is 23.9 Å². The minimum atomic E-state index is -0.324. The molecule has 27 heavy (non-hydrogen) atoms. The SMILES string of the molecule is CNC(=O)c1nn(CN(C)CCOc2ccccc2)c(=O)c2ccccc12. The Balaban J connectivity index is 1.76. The summed E-state index contributed by atoms with van der Waals surface area (Å²) in [7, 11) is 3.42. The topological polar surface area (TPSA) is 76.5 Å². The molecular weight excluding hydrogens is 344 g/mol. The number of hydrogen-bond donors (Lipinski definition) is 1. The second-order valence-corrected chi connectivity index (χ2v) is 6.16. The Hall–Kier alpha value is -3.19. The van der Waals surface area contributed by atoms with Crippen molar-refractivity contribution in [3.8, 4) is 5.75 Å². The molecule has 0 spiro atoms. The number of hydrogen-bond acceptors (Lipinski definition) is 5. The summed E-state index contributed by atoms with van der Waals surface area (Å²) >= 11 is 0. The Morgan fingerprint density at radius 2 is 1.78 bits per heavy atom. The van der Waals surface area contributed by atoms with Gasteiger partial charge in [0.15, 0.2) is 5.69 Å². The predicted molar refractivity (Wildman–Crippen MR) is 104 cm³/mol. The van der Waals surface area contributed by atoms with Crippen LogP contribution in [0.25, 0.3) is 10.8 Å². The molecule has 0 aliphatic heterocycles. The molecule has 0 bridgehead atoms. The number of para-hydroxylation sites is 1. The van der Waals surface area contributed by atoms with E-state index in [4.69, 9.17) is 4.74 Å². The van der Waals surface area contributed by atoms with Gasteiger partial charge in [0.05, 0.1) is 12.1 Å². The van der Waals surface area contributed by atoms with Crippen LogP contribution in [0.4, 0.5) is 0 Å². The van der Waals surface area contributed by atoms with Crippen LogP contribution in [0.15, 0.2) is 59.4 Å². The van der Waals surface area contributed by atoms with Crippen molar-refractivity contribution in [3.05, 3.63) is 70.6 Å². The van der Waals surface area contributed by atoms with Crippen molar-refractivity contribution in [1.82, 2.24) is 20.0 Å². The van der Waals surface area contributed by atoms with Crippen LogP contribution in [0.2, 0.25) is 0 Å². The third-order valence-electron chi connectivity index (χ3n) is 4.17. The summed E-state index contributed by atoms with van der Waals surface area (Å²) < 4.78 is 7.00. The van der Waals surface area contributed by atoms with Gasteiger partial charge in [-0.2, -0.15) is 5.10 Å². The van der Waals surface area contributed by atoms with Crippen LogP contribution in [0.5, 0.6) is 5.75 Å². The summed E-state index contributed by atoms with van der Waals surface area (Å²) in [5.74, 6) is 0.476. The fourth-order valence-electron chi connectivity index (χ4n) is 2.75.